The Morgan fingerprint density at radius 3 is 2.52 bits per heavy atom. The number of nitrogens with two attached hydrogens (primary N) is 2. The number of fused-ring (bicyclic) bond motifs is 1. The number of nitrogens with one attached hydrogen (secondary N) is 2. The van der Waals surface area contributed by atoms with Gasteiger partial charge < -0.3 is 16.0 Å². The van der Waals surface area contributed by atoms with Gasteiger partial charge in [-0.25, -0.2) is 4.98 Å². The molecule has 0 aliphatic heterocycles. The number of aromatic amines is 1. The van der Waals surface area contributed by atoms with Crippen LogP contribution in [0.3, 0.4) is 0 Å². The van der Waals surface area contributed by atoms with Gasteiger partial charge in [0.2, 0.25) is 5.95 Å². The van der Waals surface area contributed by atoms with Crippen LogP contribution in [-0.4, -0.2) is 19.9 Å². The molecule has 0 saturated heterocycles. The fourth-order valence-corrected chi connectivity index (χ4v) is 1.99. The van der Waals surface area contributed by atoms with Gasteiger partial charge in [0.05, 0.1) is 6.33 Å². The largest absolute Gasteiger partial charge is 0.368 e. The number of anilines is 3. The normalized spacial score (nSPS) is 10.0. The van der Waals surface area contributed by atoms with Gasteiger partial charge in [0, 0.05) is 10.6 Å². The zero-order valence-corrected chi connectivity index (χ0v) is 12.6. The van der Waals surface area contributed by atoms with Gasteiger partial charge in [0.25, 0.3) is 0 Å². The van der Waals surface area contributed by atoms with Gasteiger partial charge in [-0.1, -0.05) is 13.8 Å². The van der Waals surface area contributed by atoms with Crippen molar-refractivity contribution in [1.82, 2.24) is 19.9 Å². The Morgan fingerprint density at radius 2 is 1.86 bits per heavy atom. The number of rotatable bonds is 3. The summed E-state index contributed by atoms with van der Waals surface area (Å²) < 4.78 is 0. The third kappa shape index (κ3) is 3.41. The number of H-pyrrole nitrogens is 1. The van der Waals surface area contributed by atoms with Gasteiger partial charge >= 0.3 is 0 Å². The predicted octanol–water partition coefficient (Wildman–Crippen LogP) is 2.67. The van der Waals surface area contributed by atoms with Crippen molar-refractivity contribution in [3.63, 3.8) is 0 Å². The van der Waals surface area contributed by atoms with Crippen molar-refractivity contribution < 1.29 is 0 Å². The Kier molecular flexibility index (Phi) is 4.96. The fraction of sp³-hybridized carbons (Fsp3) is 0.154. The number of imidazole rings is 1. The Balaban J connectivity index is 0.000000774. The second kappa shape index (κ2) is 6.91. The average molecular weight is 303 g/mol. The van der Waals surface area contributed by atoms with E-state index in [1.54, 1.807) is 6.33 Å². The van der Waals surface area contributed by atoms with Crippen LogP contribution in [0.4, 0.5) is 17.5 Å². The van der Waals surface area contributed by atoms with Crippen molar-refractivity contribution in [3.05, 3.63) is 30.6 Å². The third-order valence-corrected chi connectivity index (χ3v) is 3.10. The Labute approximate surface area is 126 Å². The van der Waals surface area contributed by atoms with Crippen molar-refractivity contribution in [2.45, 2.75) is 18.7 Å². The summed E-state index contributed by atoms with van der Waals surface area (Å²) in [5.74, 6) is 0.768. The van der Waals surface area contributed by atoms with Gasteiger partial charge in [-0.3, -0.25) is 5.14 Å². The van der Waals surface area contributed by atoms with E-state index in [1.165, 1.54) is 11.9 Å². The summed E-state index contributed by atoms with van der Waals surface area (Å²) in [4.78, 5) is 16.2. The monoisotopic (exact) mass is 303 g/mol. The first-order chi connectivity index (χ1) is 10.3. The molecule has 0 radical (unpaired) electrons. The highest BCUT2D eigenvalue weighted by molar-refractivity contribution is 7.97. The Morgan fingerprint density at radius 1 is 1.14 bits per heavy atom. The average Bonchev–Trinajstić information content (AvgIpc) is 2.98. The molecule has 21 heavy (non-hydrogen) atoms. The number of aromatic nitrogens is 4. The van der Waals surface area contributed by atoms with Gasteiger partial charge in [0.15, 0.2) is 11.5 Å². The van der Waals surface area contributed by atoms with E-state index in [9.17, 15) is 0 Å². The maximum atomic E-state index is 5.65. The van der Waals surface area contributed by atoms with Crippen LogP contribution in [0.25, 0.3) is 11.2 Å². The Bertz CT molecular complexity index is 708. The number of nitrogens with zero attached hydrogens (tertiary/aromatic N) is 3. The lowest BCUT2D eigenvalue weighted by Gasteiger charge is -2.07. The van der Waals surface area contributed by atoms with Crippen molar-refractivity contribution in [3.8, 4) is 0 Å². The van der Waals surface area contributed by atoms with Crippen LogP contribution in [0.5, 0.6) is 0 Å². The summed E-state index contributed by atoms with van der Waals surface area (Å²) in [6.45, 7) is 4.00. The highest BCUT2D eigenvalue weighted by atomic mass is 32.2. The first-order valence-electron chi connectivity index (χ1n) is 6.46. The highest BCUT2D eigenvalue weighted by Crippen LogP contribution is 2.23. The lowest BCUT2D eigenvalue weighted by molar-refractivity contribution is 1.21. The molecule has 7 nitrogen and oxygen atoms in total. The topological polar surface area (TPSA) is 119 Å². The number of nitrogen functional groups attached to an aromatic ring is 1. The van der Waals surface area contributed by atoms with E-state index in [0.717, 1.165) is 10.6 Å². The van der Waals surface area contributed by atoms with E-state index >= 15 is 0 Å². The van der Waals surface area contributed by atoms with Crippen LogP contribution in [0.2, 0.25) is 0 Å². The summed E-state index contributed by atoms with van der Waals surface area (Å²) in [6.07, 6.45) is 1.55. The lowest BCUT2D eigenvalue weighted by atomic mass is 10.3. The van der Waals surface area contributed by atoms with Crippen LogP contribution >= 0.6 is 11.9 Å². The van der Waals surface area contributed by atoms with Crippen molar-refractivity contribution in [2.24, 2.45) is 5.14 Å². The molecule has 8 heteroatoms. The fourth-order valence-electron chi connectivity index (χ4n) is 1.69. The summed E-state index contributed by atoms with van der Waals surface area (Å²) >= 11 is 1.20. The molecule has 0 spiro atoms. The molecule has 0 bridgehead atoms. The molecule has 0 amide bonds. The molecular formula is C13H17N7S. The second-order valence-electron chi connectivity index (χ2n) is 3.80. The van der Waals surface area contributed by atoms with Crippen LogP contribution in [-0.2, 0) is 0 Å². The second-order valence-corrected chi connectivity index (χ2v) is 4.51. The lowest BCUT2D eigenvalue weighted by Crippen LogP contribution is -2.01. The van der Waals surface area contributed by atoms with Crippen LogP contribution in [0.15, 0.2) is 35.5 Å². The predicted molar refractivity (Wildman–Crippen MR) is 87.2 cm³/mol. The summed E-state index contributed by atoms with van der Waals surface area (Å²) in [6, 6.07) is 7.66. The molecule has 1 aromatic carbocycles. The number of benzene rings is 1. The SMILES string of the molecule is CC.NSc1ccc(Nc2nc(N)nc3nc[nH]c23)cc1. The maximum Gasteiger partial charge on any atom is 0.224 e. The molecule has 6 N–H and O–H groups in total. The van der Waals surface area contributed by atoms with Gasteiger partial charge in [-0.15, -0.1) is 0 Å². The standard InChI is InChI=1S/C11H11N7S.C2H6/c12-11-17-9-8(14-5-15-9)10(18-11)16-6-1-3-7(19-13)4-2-6;1-2/h1-5H,13H2,(H4,12,14,15,16,17,18);1-2H3. The molecule has 0 unspecified atom stereocenters. The quantitative estimate of drug-likeness (QED) is 0.549. The van der Waals surface area contributed by atoms with E-state index in [2.05, 4.69) is 25.3 Å². The van der Waals surface area contributed by atoms with Crippen molar-refractivity contribution in [1.29, 1.82) is 0 Å². The van der Waals surface area contributed by atoms with Crippen LogP contribution < -0.4 is 16.2 Å². The Hall–Kier alpha value is -2.32. The van der Waals surface area contributed by atoms with Crippen LogP contribution in [0.1, 0.15) is 13.8 Å². The van der Waals surface area contributed by atoms with Gasteiger partial charge in [0.1, 0.15) is 5.52 Å². The van der Waals surface area contributed by atoms with E-state index in [0.29, 0.717) is 17.0 Å². The molecule has 3 aromatic rings. The molecule has 110 valence electrons. The minimum absolute atomic E-state index is 0.177. The van der Waals surface area contributed by atoms with Crippen molar-refractivity contribution >= 4 is 40.6 Å². The van der Waals surface area contributed by atoms with E-state index in [4.69, 9.17) is 10.9 Å². The van der Waals surface area contributed by atoms with E-state index in [-0.39, 0.29) is 5.95 Å². The summed E-state index contributed by atoms with van der Waals surface area (Å²) in [7, 11) is 0. The number of hydrogen-bond donors (Lipinski definition) is 4. The minimum atomic E-state index is 0.177. The minimum Gasteiger partial charge on any atom is -0.368 e. The van der Waals surface area contributed by atoms with Crippen molar-refractivity contribution in [2.75, 3.05) is 11.1 Å². The van der Waals surface area contributed by atoms with Crippen LogP contribution in [0, 0.1) is 0 Å². The first-order valence-corrected chi connectivity index (χ1v) is 7.34. The van der Waals surface area contributed by atoms with E-state index < -0.39 is 0 Å². The van der Waals surface area contributed by atoms with E-state index in [1.807, 2.05) is 38.1 Å². The highest BCUT2D eigenvalue weighted by Gasteiger charge is 2.08. The molecule has 3 rings (SSSR count). The molecule has 0 saturated carbocycles. The molecule has 0 fully saturated rings. The molecule has 0 aliphatic carbocycles. The number of hydrogen-bond acceptors (Lipinski definition) is 7. The molecular weight excluding hydrogens is 286 g/mol. The molecule has 0 atom stereocenters. The summed E-state index contributed by atoms with van der Waals surface area (Å²) in [5, 5.41) is 8.65. The molecule has 2 aromatic heterocycles. The van der Waals surface area contributed by atoms with Gasteiger partial charge in [-0.2, -0.15) is 9.97 Å². The molecule has 2 heterocycles. The third-order valence-electron chi connectivity index (χ3n) is 2.56. The summed E-state index contributed by atoms with van der Waals surface area (Å²) in [5.41, 5.74) is 7.77. The first kappa shape index (κ1) is 15.1. The smallest absolute Gasteiger partial charge is 0.224 e. The molecule has 0 aliphatic rings. The zero-order valence-electron chi connectivity index (χ0n) is 11.8. The maximum absolute atomic E-state index is 5.65. The van der Waals surface area contributed by atoms with Gasteiger partial charge in [-0.05, 0) is 36.2 Å². The zero-order chi connectivity index (χ0) is 15.2.